The van der Waals surface area contributed by atoms with E-state index < -0.39 is 0 Å². The molecule has 0 aromatic heterocycles. The van der Waals surface area contributed by atoms with Gasteiger partial charge in [-0.15, -0.1) is 0 Å². The second-order valence-electron chi connectivity index (χ2n) is 7.33. The molecule has 0 spiro atoms. The third kappa shape index (κ3) is 6.02. The predicted molar refractivity (Wildman–Crippen MR) is 102 cm³/mol. The van der Waals surface area contributed by atoms with Crippen LogP contribution in [-0.4, -0.2) is 55.0 Å². The van der Waals surface area contributed by atoms with Gasteiger partial charge >= 0.3 is 6.03 Å². The van der Waals surface area contributed by atoms with E-state index in [2.05, 4.69) is 5.32 Å². The van der Waals surface area contributed by atoms with Crippen LogP contribution in [0.2, 0.25) is 0 Å². The zero-order chi connectivity index (χ0) is 19.1. The fraction of sp³-hybridized carbons (Fsp3) is 0.600. The van der Waals surface area contributed by atoms with Gasteiger partial charge in [0.1, 0.15) is 0 Å². The molecule has 144 valence electrons. The molecule has 0 atom stereocenters. The fourth-order valence-electron chi connectivity index (χ4n) is 2.97. The zero-order valence-electron chi connectivity index (χ0n) is 16.3. The Morgan fingerprint density at radius 2 is 1.73 bits per heavy atom. The molecule has 1 aliphatic rings. The average molecular weight is 361 g/mol. The lowest BCUT2D eigenvalue weighted by Gasteiger charge is -2.33. The molecule has 0 aliphatic carbocycles. The van der Waals surface area contributed by atoms with E-state index in [0.29, 0.717) is 26.2 Å². The standard InChI is InChI=1S/C20H31N3O3/c1-15(2)26-14-17-7-5-16(6-8-17)13-21-19(24)18-9-11-23(12-10-18)20(25)22(3)4/h5-8,15,18H,9-14H2,1-4H3,(H,21,24). The number of piperidine rings is 1. The summed E-state index contributed by atoms with van der Waals surface area (Å²) in [6, 6.07) is 8.14. The number of nitrogens with one attached hydrogen (secondary N) is 1. The summed E-state index contributed by atoms with van der Waals surface area (Å²) in [6.45, 7) is 6.45. The minimum absolute atomic E-state index is 0.0140. The number of rotatable bonds is 6. The molecule has 6 heteroatoms. The number of carbonyl (C=O) groups is 2. The van der Waals surface area contributed by atoms with Crippen molar-refractivity contribution in [2.75, 3.05) is 27.2 Å². The van der Waals surface area contributed by atoms with Crippen molar-refractivity contribution < 1.29 is 14.3 Å². The van der Waals surface area contributed by atoms with Gasteiger partial charge in [0.2, 0.25) is 5.91 Å². The van der Waals surface area contributed by atoms with Gasteiger partial charge in [0.25, 0.3) is 0 Å². The molecule has 1 fully saturated rings. The maximum absolute atomic E-state index is 12.4. The molecule has 1 aromatic carbocycles. The minimum atomic E-state index is -0.0140. The molecule has 1 saturated heterocycles. The highest BCUT2D eigenvalue weighted by atomic mass is 16.5. The first kappa shape index (κ1) is 20.2. The van der Waals surface area contributed by atoms with Crippen molar-refractivity contribution in [3.05, 3.63) is 35.4 Å². The number of hydrogen-bond acceptors (Lipinski definition) is 3. The largest absolute Gasteiger partial charge is 0.374 e. The number of benzene rings is 1. The summed E-state index contributed by atoms with van der Waals surface area (Å²) in [4.78, 5) is 27.7. The number of carbonyl (C=O) groups excluding carboxylic acids is 2. The lowest BCUT2D eigenvalue weighted by atomic mass is 9.96. The molecule has 3 amide bonds. The molecular weight excluding hydrogens is 330 g/mol. The smallest absolute Gasteiger partial charge is 0.319 e. The number of amides is 3. The van der Waals surface area contributed by atoms with Crippen LogP contribution in [0.25, 0.3) is 0 Å². The van der Waals surface area contributed by atoms with Crippen molar-refractivity contribution in [2.24, 2.45) is 5.92 Å². The SMILES string of the molecule is CC(C)OCc1ccc(CNC(=O)C2CCN(C(=O)N(C)C)CC2)cc1. The predicted octanol–water partition coefficient (Wildman–Crippen LogP) is 2.62. The number of likely N-dealkylation sites (tertiary alicyclic amines) is 1. The van der Waals surface area contributed by atoms with E-state index in [9.17, 15) is 9.59 Å². The van der Waals surface area contributed by atoms with E-state index in [4.69, 9.17) is 4.74 Å². The Morgan fingerprint density at radius 3 is 2.27 bits per heavy atom. The third-order valence-electron chi connectivity index (χ3n) is 4.59. The van der Waals surface area contributed by atoms with Crippen LogP contribution in [0.3, 0.4) is 0 Å². The zero-order valence-corrected chi connectivity index (χ0v) is 16.3. The van der Waals surface area contributed by atoms with Crippen molar-refractivity contribution in [2.45, 2.75) is 45.9 Å². The van der Waals surface area contributed by atoms with Gasteiger partial charge in [-0.1, -0.05) is 24.3 Å². The molecule has 0 saturated carbocycles. The normalized spacial score (nSPS) is 15.2. The van der Waals surface area contributed by atoms with Crippen LogP contribution < -0.4 is 5.32 Å². The molecular formula is C20H31N3O3. The third-order valence-corrected chi connectivity index (χ3v) is 4.59. The number of urea groups is 1. The Bertz CT molecular complexity index is 591. The summed E-state index contributed by atoms with van der Waals surface area (Å²) in [6.07, 6.45) is 1.65. The maximum atomic E-state index is 12.4. The van der Waals surface area contributed by atoms with Gasteiger partial charge < -0.3 is 19.9 Å². The highest BCUT2D eigenvalue weighted by molar-refractivity contribution is 5.79. The van der Waals surface area contributed by atoms with Crippen molar-refractivity contribution in [1.29, 1.82) is 0 Å². The number of ether oxygens (including phenoxy) is 1. The Labute approximate surface area is 156 Å². The summed E-state index contributed by atoms with van der Waals surface area (Å²) in [5.74, 6) is 0.0640. The minimum Gasteiger partial charge on any atom is -0.374 e. The van der Waals surface area contributed by atoms with Crippen LogP contribution in [0, 0.1) is 5.92 Å². The Kier molecular flexibility index (Phi) is 7.45. The fourth-order valence-corrected chi connectivity index (χ4v) is 2.97. The van der Waals surface area contributed by atoms with Crippen molar-refractivity contribution in [3.63, 3.8) is 0 Å². The first-order chi connectivity index (χ1) is 12.4. The van der Waals surface area contributed by atoms with Crippen LogP contribution in [-0.2, 0) is 22.7 Å². The highest BCUT2D eigenvalue weighted by Gasteiger charge is 2.27. The van der Waals surface area contributed by atoms with Gasteiger partial charge in [-0.3, -0.25) is 4.79 Å². The monoisotopic (exact) mass is 361 g/mol. The Morgan fingerprint density at radius 1 is 1.15 bits per heavy atom. The summed E-state index contributed by atoms with van der Waals surface area (Å²) in [5.41, 5.74) is 2.21. The molecule has 1 heterocycles. The van der Waals surface area contributed by atoms with E-state index in [1.54, 1.807) is 19.0 Å². The topological polar surface area (TPSA) is 61.9 Å². The van der Waals surface area contributed by atoms with E-state index in [0.717, 1.165) is 24.0 Å². The van der Waals surface area contributed by atoms with E-state index >= 15 is 0 Å². The summed E-state index contributed by atoms with van der Waals surface area (Å²) < 4.78 is 5.58. The molecule has 1 N–H and O–H groups in total. The van der Waals surface area contributed by atoms with E-state index in [1.165, 1.54) is 0 Å². The molecule has 0 unspecified atom stereocenters. The summed E-state index contributed by atoms with van der Waals surface area (Å²) >= 11 is 0. The average Bonchev–Trinajstić information content (AvgIpc) is 2.64. The lowest BCUT2D eigenvalue weighted by molar-refractivity contribution is -0.126. The Balaban J connectivity index is 1.74. The Hall–Kier alpha value is -2.08. The van der Waals surface area contributed by atoms with Crippen LogP contribution in [0.1, 0.15) is 37.8 Å². The molecule has 0 radical (unpaired) electrons. The van der Waals surface area contributed by atoms with Gasteiger partial charge in [0, 0.05) is 39.6 Å². The van der Waals surface area contributed by atoms with Crippen LogP contribution in [0.15, 0.2) is 24.3 Å². The quantitative estimate of drug-likeness (QED) is 0.847. The second-order valence-corrected chi connectivity index (χ2v) is 7.33. The summed E-state index contributed by atoms with van der Waals surface area (Å²) in [7, 11) is 3.50. The van der Waals surface area contributed by atoms with Gasteiger partial charge in [-0.2, -0.15) is 0 Å². The van der Waals surface area contributed by atoms with Crippen molar-refractivity contribution >= 4 is 11.9 Å². The molecule has 1 aliphatic heterocycles. The van der Waals surface area contributed by atoms with Gasteiger partial charge in [0.15, 0.2) is 0 Å². The van der Waals surface area contributed by atoms with Crippen molar-refractivity contribution in [3.8, 4) is 0 Å². The molecule has 26 heavy (non-hydrogen) atoms. The first-order valence-electron chi connectivity index (χ1n) is 9.30. The second kappa shape index (κ2) is 9.57. The van der Waals surface area contributed by atoms with Crippen molar-refractivity contribution in [1.82, 2.24) is 15.1 Å². The van der Waals surface area contributed by atoms with Gasteiger partial charge in [0.05, 0.1) is 12.7 Å². The number of nitrogens with zero attached hydrogens (tertiary/aromatic N) is 2. The van der Waals surface area contributed by atoms with E-state index in [1.807, 2.05) is 43.0 Å². The first-order valence-corrected chi connectivity index (χ1v) is 9.30. The summed E-state index contributed by atoms with van der Waals surface area (Å²) in [5, 5.41) is 3.02. The maximum Gasteiger partial charge on any atom is 0.319 e. The molecule has 2 rings (SSSR count). The molecule has 0 bridgehead atoms. The van der Waals surface area contributed by atoms with Crippen LogP contribution in [0.5, 0.6) is 0 Å². The van der Waals surface area contributed by atoms with Gasteiger partial charge in [-0.05, 0) is 37.8 Å². The van der Waals surface area contributed by atoms with E-state index in [-0.39, 0.29) is 24.0 Å². The molecule has 6 nitrogen and oxygen atoms in total. The van der Waals surface area contributed by atoms with Gasteiger partial charge in [-0.25, -0.2) is 4.79 Å². The highest BCUT2D eigenvalue weighted by Crippen LogP contribution is 2.18. The lowest BCUT2D eigenvalue weighted by Crippen LogP contribution is -2.46. The van der Waals surface area contributed by atoms with Crippen LogP contribution >= 0.6 is 0 Å². The molecule has 1 aromatic rings. The van der Waals surface area contributed by atoms with Crippen LogP contribution in [0.4, 0.5) is 4.79 Å². The number of hydrogen-bond donors (Lipinski definition) is 1.